The van der Waals surface area contributed by atoms with Crippen LogP contribution < -0.4 is 0 Å². The van der Waals surface area contributed by atoms with Crippen LogP contribution in [-0.2, 0) is 6.61 Å². The molecule has 1 heterocycles. The van der Waals surface area contributed by atoms with Crippen LogP contribution in [0.1, 0.15) is 11.1 Å². The number of hydrogen-bond acceptors (Lipinski definition) is 4. The second-order valence-corrected chi connectivity index (χ2v) is 5.30. The first-order chi connectivity index (χ1) is 9.26. The first kappa shape index (κ1) is 12.3. The minimum atomic E-state index is 0.0642. The molecule has 0 fully saturated rings. The second kappa shape index (κ2) is 5.07. The molecule has 4 heteroatoms. The minimum Gasteiger partial charge on any atom is -0.431 e. The van der Waals surface area contributed by atoms with Gasteiger partial charge in [-0.2, -0.15) is 0 Å². The highest BCUT2D eigenvalue weighted by Crippen LogP contribution is 2.32. The summed E-state index contributed by atoms with van der Waals surface area (Å²) in [7, 11) is 0. The largest absolute Gasteiger partial charge is 0.431 e. The number of hydrogen-bond donors (Lipinski definition) is 1. The van der Waals surface area contributed by atoms with Crippen LogP contribution in [-0.4, -0.2) is 10.1 Å². The summed E-state index contributed by atoms with van der Waals surface area (Å²) in [5, 5.41) is 9.74. The molecule has 0 saturated carbocycles. The summed E-state index contributed by atoms with van der Waals surface area (Å²) in [4.78, 5) is 5.53. The topological polar surface area (TPSA) is 46.3 Å². The quantitative estimate of drug-likeness (QED) is 0.787. The van der Waals surface area contributed by atoms with E-state index in [4.69, 9.17) is 9.52 Å². The van der Waals surface area contributed by atoms with Crippen LogP contribution in [0, 0.1) is 6.92 Å². The molecule has 0 radical (unpaired) electrons. The van der Waals surface area contributed by atoms with E-state index in [1.54, 1.807) is 0 Å². The molecule has 19 heavy (non-hydrogen) atoms. The Labute approximate surface area is 115 Å². The van der Waals surface area contributed by atoms with E-state index < -0.39 is 0 Å². The molecule has 0 amide bonds. The molecule has 0 bridgehead atoms. The van der Waals surface area contributed by atoms with Crippen LogP contribution in [0.5, 0.6) is 0 Å². The first-order valence-electron chi connectivity index (χ1n) is 6.00. The molecular weight excluding hydrogens is 258 g/mol. The number of aromatic nitrogens is 1. The van der Waals surface area contributed by atoms with Crippen LogP contribution in [0.25, 0.3) is 11.1 Å². The summed E-state index contributed by atoms with van der Waals surface area (Å²) >= 11 is 1.50. The summed E-state index contributed by atoms with van der Waals surface area (Å²) < 4.78 is 5.69. The van der Waals surface area contributed by atoms with E-state index in [0.29, 0.717) is 5.22 Å². The Hall–Kier alpha value is -1.78. The lowest BCUT2D eigenvalue weighted by Gasteiger charge is -2.04. The van der Waals surface area contributed by atoms with Crippen molar-refractivity contribution in [2.45, 2.75) is 23.6 Å². The molecule has 1 N–H and O–H groups in total. The zero-order valence-corrected chi connectivity index (χ0v) is 11.3. The van der Waals surface area contributed by atoms with Gasteiger partial charge in [-0.05, 0) is 48.0 Å². The fourth-order valence-electron chi connectivity index (χ4n) is 1.91. The van der Waals surface area contributed by atoms with E-state index in [-0.39, 0.29) is 6.61 Å². The number of aliphatic hydroxyl groups excluding tert-OH is 1. The average molecular weight is 271 g/mol. The van der Waals surface area contributed by atoms with Crippen LogP contribution in [0.3, 0.4) is 0 Å². The summed E-state index contributed by atoms with van der Waals surface area (Å²) in [6.45, 7) is 2.08. The highest BCUT2D eigenvalue weighted by Gasteiger charge is 2.09. The van der Waals surface area contributed by atoms with Crippen molar-refractivity contribution in [2.75, 3.05) is 0 Å². The van der Waals surface area contributed by atoms with Gasteiger partial charge in [-0.3, -0.25) is 0 Å². The number of benzene rings is 2. The first-order valence-corrected chi connectivity index (χ1v) is 6.82. The smallest absolute Gasteiger partial charge is 0.261 e. The van der Waals surface area contributed by atoms with Gasteiger partial charge in [0.2, 0.25) is 0 Å². The Balaban J connectivity index is 1.92. The van der Waals surface area contributed by atoms with Gasteiger partial charge in [0.1, 0.15) is 5.52 Å². The maximum atomic E-state index is 9.10. The fourth-order valence-corrected chi connectivity index (χ4v) is 2.73. The molecule has 96 valence electrons. The number of nitrogens with zero attached hydrogens (tertiary/aromatic N) is 1. The van der Waals surface area contributed by atoms with Crippen molar-refractivity contribution in [1.29, 1.82) is 0 Å². The normalized spacial score (nSPS) is 11.1. The van der Waals surface area contributed by atoms with Crippen LogP contribution >= 0.6 is 11.8 Å². The molecule has 0 unspecified atom stereocenters. The van der Waals surface area contributed by atoms with Gasteiger partial charge in [-0.25, -0.2) is 4.98 Å². The van der Waals surface area contributed by atoms with Gasteiger partial charge in [0, 0.05) is 4.90 Å². The molecule has 2 aromatic carbocycles. The highest BCUT2D eigenvalue weighted by atomic mass is 32.2. The van der Waals surface area contributed by atoms with Gasteiger partial charge < -0.3 is 9.52 Å². The minimum absolute atomic E-state index is 0.0642. The molecular formula is C15H13NO2S. The molecule has 0 aliphatic carbocycles. The predicted molar refractivity (Wildman–Crippen MR) is 75.2 cm³/mol. The number of fused-ring (bicyclic) bond motifs is 1. The van der Waals surface area contributed by atoms with E-state index in [9.17, 15) is 0 Å². The predicted octanol–water partition coefficient (Wildman–Crippen LogP) is 3.78. The Bertz CT molecular complexity index is 688. The second-order valence-electron chi connectivity index (χ2n) is 4.31. The van der Waals surface area contributed by atoms with E-state index in [1.807, 2.05) is 49.4 Å². The van der Waals surface area contributed by atoms with E-state index in [2.05, 4.69) is 4.98 Å². The molecule has 3 rings (SSSR count). The molecule has 1 aromatic heterocycles. The Kier molecular flexibility index (Phi) is 3.27. The Morgan fingerprint density at radius 3 is 2.79 bits per heavy atom. The summed E-state index contributed by atoms with van der Waals surface area (Å²) in [6, 6.07) is 13.6. The molecule has 3 nitrogen and oxygen atoms in total. The third-order valence-electron chi connectivity index (χ3n) is 2.89. The van der Waals surface area contributed by atoms with Crippen LogP contribution in [0.2, 0.25) is 0 Å². The van der Waals surface area contributed by atoms with Crippen molar-refractivity contribution in [2.24, 2.45) is 0 Å². The highest BCUT2D eigenvalue weighted by molar-refractivity contribution is 7.99. The van der Waals surface area contributed by atoms with Crippen LogP contribution in [0.15, 0.2) is 57.0 Å². The molecule has 3 aromatic rings. The van der Waals surface area contributed by atoms with Crippen LogP contribution in [0.4, 0.5) is 0 Å². The maximum absolute atomic E-state index is 9.10. The number of oxazole rings is 1. The maximum Gasteiger partial charge on any atom is 0.261 e. The van der Waals surface area contributed by atoms with Gasteiger partial charge in [0.25, 0.3) is 5.22 Å². The molecule has 0 aliphatic heterocycles. The number of aryl methyl sites for hydroxylation is 1. The van der Waals surface area contributed by atoms with Gasteiger partial charge >= 0.3 is 0 Å². The van der Waals surface area contributed by atoms with Crippen molar-refractivity contribution in [3.63, 3.8) is 0 Å². The SMILES string of the molecule is Cc1cc(CO)ccc1Sc1nc2ccccc2o1. The lowest BCUT2D eigenvalue weighted by atomic mass is 10.1. The molecule has 0 saturated heterocycles. The number of aliphatic hydroxyl groups is 1. The fraction of sp³-hybridized carbons (Fsp3) is 0.133. The zero-order valence-electron chi connectivity index (χ0n) is 10.5. The summed E-state index contributed by atoms with van der Waals surface area (Å²) in [5.74, 6) is 0. The van der Waals surface area contributed by atoms with Crippen molar-refractivity contribution >= 4 is 22.9 Å². The monoisotopic (exact) mass is 271 g/mol. The van der Waals surface area contributed by atoms with Gasteiger partial charge in [-0.15, -0.1) is 0 Å². The molecule has 0 atom stereocenters. The zero-order chi connectivity index (χ0) is 13.2. The number of rotatable bonds is 3. The lowest BCUT2D eigenvalue weighted by molar-refractivity contribution is 0.281. The third kappa shape index (κ3) is 2.50. The Morgan fingerprint density at radius 1 is 1.21 bits per heavy atom. The van der Waals surface area contributed by atoms with Crippen molar-refractivity contribution in [3.05, 3.63) is 53.6 Å². The average Bonchev–Trinajstić information content (AvgIpc) is 2.83. The van der Waals surface area contributed by atoms with Crippen molar-refractivity contribution in [3.8, 4) is 0 Å². The van der Waals surface area contributed by atoms with Gasteiger partial charge in [0.15, 0.2) is 5.58 Å². The Morgan fingerprint density at radius 2 is 2.05 bits per heavy atom. The van der Waals surface area contributed by atoms with E-state index in [1.165, 1.54) is 11.8 Å². The molecule has 0 aliphatic rings. The molecule has 0 spiro atoms. The van der Waals surface area contributed by atoms with Gasteiger partial charge in [0.05, 0.1) is 6.61 Å². The summed E-state index contributed by atoms with van der Waals surface area (Å²) in [6.07, 6.45) is 0. The standard InChI is InChI=1S/C15H13NO2S/c1-10-8-11(9-17)6-7-14(10)19-15-16-12-4-2-3-5-13(12)18-15/h2-8,17H,9H2,1H3. The number of para-hydroxylation sites is 2. The van der Waals surface area contributed by atoms with Gasteiger partial charge in [-0.1, -0.05) is 24.3 Å². The summed E-state index contributed by atoms with van der Waals surface area (Å²) in [5.41, 5.74) is 3.70. The van der Waals surface area contributed by atoms with E-state index in [0.717, 1.165) is 27.1 Å². The van der Waals surface area contributed by atoms with E-state index >= 15 is 0 Å². The van der Waals surface area contributed by atoms with Crippen molar-refractivity contribution in [1.82, 2.24) is 4.98 Å². The lowest BCUT2D eigenvalue weighted by Crippen LogP contribution is -1.86. The van der Waals surface area contributed by atoms with Crippen molar-refractivity contribution < 1.29 is 9.52 Å². The third-order valence-corrected chi connectivity index (χ3v) is 3.92.